The van der Waals surface area contributed by atoms with E-state index in [1.165, 1.54) is 0 Å². The molecule has 1 aliphatic heterocycles. The van der Waals surface area contributed by atoms with Crippen molar-refractivity contribution < 1.29 is 19.4 Å². The smallest absolute Gasteiger partial charge is 0.322 e. The monoisotopic (exact) mass is 326 g/mol. The summed E-state index contributed by atoms with van der Waals surface area (Å²) in [6.45, 7) is 1.04. The van der Waals surface area contributed by atoms with Gasteiger partial charge in [0, 0.05) is 19.6 Å². The number of piperazine rings is 1. The molecule has 1 saturated heterocycles. The van der Waals surface area contributed by atoms with E-state index in [1.807, 2.05) is 30.3 Å². The fourth-order valence-electron chi connectivity index (χ4n) is 2.62. The van der Waals surface area contributed by atoms with Crippen LogP contribution in [-0.4, -0.2) is 47.6 Å². The number of amides is 1. The third kappa shape index (κ3) is 3.55. The van der Waals surface area contributed by atoms with Crippen LogP contribution in [0, 0.1) is 0 Å². The second-order valence-electron chi connectivity index (χ2n) is 5.51. The second kappa shape index (κ2) is 7.14. The largest absolute Gasteiger partial charge is 0.480 e. The maximum absolute atomic E-state index is 12.8. The van der Waals surface area contributed by atoms with Gasteiger partial charge in [-0.2, -0.15) is 0 Å². The van der Waals surface area contributed by atoms with E-state index in [0.717, 1.165) is 0 Å². The highest BCUT2D eigenvalue weighted by Crippen LogP contribution is 2.26. The van der Waals surface area contributed by atoms with E-state index >= 15 is 0 Å². The summed E-state index contributed by atoms with van der Waals surface area (Å²) < 4.78 is 5.82. The van der Waals surface area contributed by atoms with Crippen molar-refractivity contribution in [2.45, 2.75) is 6.04 Å². The number of carboxylic acids is 1. The third-order valence-corrected chi connectivity index (χ3v) is 3.85. The number of benzene rings is 2. The summed E-state index contributed by atoms with van der Waals surface area (Å²) in [5.41, 5.74) is 0.424. The Balaban J connectivity index is 1.81. The van der Waals surface area contributed by atoms with Crippen LogP contribution in [0.3, 0.4) is 0 Å². The van der Waals surface area contributed by atoms with Crippen LogP contribution in [0.25, 0.3) is 0 Å². The number of hydrogen-bond donors (Lipinski definition) is 2. The Morgan fingerprint density at radius 2 is 1.79 bits per heavy atom. The molecule has 0 saturated carbocycles. The van der Waals surface area contributed by atoms with Crippen molar-refractivity contribution in [1.82, 2.24) is 10.2 Å². The fourth-order valence-corrected chi connectivity index (χ4v) is 2.62. The lowest BCUT2D eigenvalue weighted by atomic mass is 10.1. The Labute approximate surface area is 139 Å². The highest BCUT2D eigenvalue weighted by Gasteiger charge is 2.29. The van der Waals surface area contributed by atoms with Gasteiger partial charge < -0.3 is 20.1 Å². The quantitative estimate of drug-likeness (QED) is 0.898. The number of rotatable bonds is 4. The zero-order chi connectivity index (χ0) is 16.9. The second-order valence-corrected chi connectivity index (χ2v) is 5.51. The van der Waals surface area contributed by atoms with Crippen LogP contribution >= 0.6 is 0 Å². The number of carboxylic acid groups (broad SMARTS) is 1. The van der Waals surface area contributed by atoms with Crippen LogP contribution in [0.2, 0.25) is 0 Å². The highest BCUT2D eigenvalue weighted by molar-refractivity contribution is 5.97. The van der Waals surface area contributed by atoms with Gasteiger partial charge in [-0.15, -0.1) is 0 Å². The molecule has 1 atom stereocenters. The van der Waals surface area contributed by atoms with Crippen LogP contribution in [-0.2, 0) is 4.79 Å². The summed E-state index contributed by atoms with van der Waals surface area (Å²) in [5, 5.41) is 12.0. The van der Waals surface area contributed by atoms with Crippen molar-refractivity contribution >= 4 is 11.9 Å². The molecule has 0 bridgehead atoms. The van der Waals surface area contributed by atoms with Gasteiger partial charge >= 0.3 is 5.97 Å². The first-order chi connectivity index (χ1) is 11.6. The van der Waals surface area contributed by atoms with Gasteiger partial charge in [-0.05, 0) is 24.3 Å². The van der Waals surface area contributed by atoms with Gasteiger partial charge in [0.1, 0.15) is 17.5 Å². The topological polar surface area (TPSA) is 78.9 Å². The molecule has 2 aromatic carbocycles. The van der Waals surface area contributed by atoms with Gasteiger partial charge in [0.15, 0.2) is 0 Å². The molecule has 6 nitrogen and oxygen atoms in total. The number of carbonyl (C=O) groups excluding carboxylic acids is 1. The maximum Gasteiger partial charge on any atom is 0.322 e. The predicted molar refractivity (Wildman–Crippen MR) is 88.3 cm³/mol. The molecule has 124 valence electrons. The zero-order valence-corrected chi connectivity index (χ0v) is 13.0. The van der Waals surface area contributed by atoms with E-state index in [1.54, 1.807) is 29.2 Å². The molecule has 0 aromatic heterocycles. The summed E-state index contributed by atoms with van der Waals surface area (Å²) in [5.74, 6) is -0.0869. The number of carbonyl (C=O) groups is 2. The van der Waals surface area contributed by atoms with Crippen LogP contribution in [0.1, 0.15) is 10.4 Å². The summed E-state index contributed by atoms with van der Waals surface area (Å²) in [6.07, 6.45) is 0. The van der Waals surface area contributed by atoms with Crippen molar-refractivity contribution in [3.05, 3.63) is 60.2 Å². The molecule has 0 spiro atoms. The van der Waals surface area contributed by atoms with Crippen LogP contribution in [0.4, 0.5) is 0 Å². The molecule has 1 aliphatic rings. The number of nitrogens with one attached hydrogen (secondary N) is 1. The molecule has 24 heavy (non-hydrogen) atoms. The minimum Gasteiger partial charge on any atom is -0.480 e. The molecule has 1 amide bonds. The van der Waals surface area contributed by atoms with Crippen molar-refractivity contribution in [3.8, 4) is 11.5 Å². The molecule has 3 rings (SSSR count). The van der Waals surface area contributed by atoms with Gasteiger partial charge in [-0.25, -0.2) is 0 Å². The zero-order valence-electron chi connectivity index (χ0n) is 13.0. The average Bonchev–Trinajstić information content (AvgIpc) is 2.62. The first-order valence-electron chi connectivity index (χ1n) is 7.72. The number of para-hydroxylation sites is 2. The van der Waals surface area contributed by atoms with Crippen molar-refractivity contribution in [3.63, 3.8) is 0 Å². The molecular formula is C18H18N2O4. The molecule has 1 fully saturated rings. The number of ether oxygens (including phenoxy) is 1. The Bertz CT molecular complexity index is 733. The molecule has 2 N–H and O–H groups in total. The Hall–Kier alpha value is -2.86. The van der Waals surface area contributed by atoms with Crippen molar-refractivity contribution in [2.24, 2.45) is 0 Å². The first kappa shape index (κ1) is 16.0. The standard InChI is InChI=1S/C18H18N2O4/c21-17(20-11-10-19-15(12-20)18(22)23)14-8-4-5-9-16(14)24-13-6-2-1-3-7-13/h1-9,15,19H,10-12H2,(H,22,23). The van der Waals surface area contributed by atoms with Crippen LogP contribution in [0.15, 0.2) is 54.6 Å². The normalized spacial score (nSPS) is 17.3. The van der Waals surface area contributed by atoms with Gasteiger partial charge in [0.05, 0.1) is 5.56 Å². The number of nitrogens with zero attached hydrogens (tertiary/aromatic N) is 1. The van der Waals surface area contributed by atoms with Gasteiger partial charge in [0.2, 0.25) is 0 Å². The van der Waals surface area contributed by atoms with Gasteiger partial charge in [-0.3, -0.25) is 9.59 Å². The molecule has 6 heteroatoms. The lowest BCUT2D eigenvalue weighted by Crippen LogP contribution is -2.55. The minimum atomic E-state index is -0.957. The fraction of sp³-hybridized carbons (Fsp3) is 0.222. The van der Waals surface area contributed by atoms with E-state index in [2.05, 4.69) is 5.32 Å². The molecule has 2 aromatic rings. The van der Waals surface area contributed by atoms with E-state index in [9.17, 15) is 9.59 Å². The first-order valence-corrected chi connectivity index (χ1v) is 7.72. The lowest BCUT2D eigenvalue weighted by Gasteiger charge is -2.32. The molecule has 0 aliphatic carbocycles. The molecule has 1 unspecified atom stereocenters. The van der Waals surface area contributed by atoms with Crippen LogP contribution in [0.5, 0.6) is 11.5 Å². The maximum atomic E-state index is 12.8. The Morgan fingerprint density at radius 1 is 1.08 bits per heavy atom. The molecule has 1 heterocycles. The average molecular weight is 326 g/mol. The van der Waals surface area contributed by atoms with Crippen LogP contribution < -0.4 is 10.1 Å². The molecule has 0 radical (unpaired) electrons. The Kier molecular flexibility index (Phi) is 4.77. The van der Waals surface area contributed by atoms with Crippen molar-refractivity contribution in [1.29, 1.82) is 0 Å². The SMILES string of the molecule is O=C(O)C1CN(C(=O)c2ccccc2Oc2ccccc2)CCN1. The lowest BCUT2D eigenvalue weighted by molar-refractivity contribution is -0.140. The number of aliphatic carboxylic acids is 1. The van der Waals surface area contributed by atoms with E-state index in [0.29, 0.717) is 30.2 Å². The third-order valence-electron chi connectivity index (χ3n) is 3.85. The van der Waals surface area contributed by atoms with Gasteiger partial charge in [0.25, 0.3) is 5.91 Å². The summed E-state index contributed by atoms with van der Waals surface area (Å²) in [4.78, 5) is 25.5. The van der Waals surface area contributed by atoms with E-state index in [4.69, 9.17) is 9.84 Å². The molecular weight excluding hydrogens is 308 g/mol. The summed E-state index contributed by atoms with van der Waals surface area (Å²) >= 11 is 0. The van der Waals surface area contributed by atoms with Crippen molar-refractivity contribution in [2.75, 3.05) is 19.6 Å². The predicted octanol–water partition coefficient (Wildman–Crippen LogP) is 1.98. The summed E-state index contributed by atoms with van der Waals surface area (Å²) in [7, 11) is 0. The number of hydrogen-bond acceptors (Lipinski definition) is 4. The minimum absolute atomic E-state index is 0.133. The van der Waals surface area contributed by atoms with Gasteiger partial charge in [-0.1, -0.05) is 30.3 Å². The highest BCUT2D eigenvalue weighted by atomic mass is 16.5. The summed E-state index contributed by atoms with van der Waals surface area (Å²) in [6, 6.07) is 15.5. The van der Waals surface area contributed by atoms with E-state index < -0.39 is 12.0 Å². The van der Waals surface area contributed by atoms with E-state index in [-0.39, 0.29) is 12.5 Å². The Morgan fingerprint density at radius 3 is 2.54 bits per heavy atom.